The van der Waals surface area contributed by atoms with Crippen LogP contribution in [-0.4, -0.2) is 0 Å². The van der Waals surface area contributed by atoms with Crippen molar-refractivity contribution >= 4 is 11.4 Å². The van der Waals surface area contributed by atoms with Crippen LogP contribution >= 0.6 is 0 Å². The Hall–Kier alpha value is -4.05. The van der Waals surface area contributed by atoms with Gasteiger partial charge < -0.3 is 20.9 Å². The molecule has 0 fully saturated rings. The fourth-order valence-corrected chi connectivity index (χ4v) is 2.95. The standard InChI is InChI=1S/C21H9F13N2O2/c22-15-8(35)1-6(19(26,27)28)3-11(15)37-10-5-13(17(24)18(25)14(10)21(32,33)34)38-12-4-7(20(29,30)31)2-9(36)16(12)23/h1-5H,35-36H2. The molecule has 0 aliphatic heterocycles. The van der Waals surface area contributed by atoms with E-state index in [1.807, 2.05) is 0 Å². The molecule has 0 aliphatic carbocycles. The number of halogens is 13. The second-order valence-corrected chi connectivity index (χ2v) is 7.33. The molecule has 0 amide bonds. The second kappa shape index (κ2) is 9.36. The maximum atomic E-state index is 14.5. The van der Waals surface area contributed by atoms with Crippen LogP contribution in [0.4, 0.5) is 68.5 Å². The molecule has 17 heteroatoms. The Morgan fingerprint density at radius 2 is 0.816 bits per heavy atom. The number of rotatable bonds is 4. The van der Waals surface area contributed by atoms with Crippen molar-refractivity contribution < 1.29 is 66.5 Å². The van der Waals surface area contributed by atoms with Gasteiger partial charge in [-0.25, -0.2) is 13.2 Å². The molecule has 3 rings (SSSR count). The average Bonchev–Trinajstić information content (AvgIpc) is 2.75. The van der Waals surface area contributed by atoms with Gasteiger partial charge in [-0.2, -0.15) is 43.9 Å². The van der Waals surface area contributed by atoms with E-state index < -0.39 is 92.9 Å². The molecule has 4 nitrogen and oxygen atoms in total. The molecule has 0 saturated heterocycles. The predicted octanol–water partition coefficient (Wildman–Crippen LogP) is 8.05. The van der Waals surface area contributed by atoms with Crippen molar-refractivity contribution in [2.24, 2.45) is 0 Å². The zero-order valence-electron chi connectivity index (χ0n) is 17.8. The summed E-state index contributed by atoms with van der Waals surface area (Å²) in [7, 11) is 0. The van der Waals surface area contributed by atoms with E-state index in [9.17, 15) is 57.1 Å². The van der Waals surface area contributed by atoms with Gasteiger partial charge in [-0.1, -0.05) is 0 Å². The maximum absolute atomic E-state index is 14.5. The maximum Gasteiger partial charge on any atom is 0.422 e. The van der Waals surface area contributed by atoms with E-state index in [0.717, 1.165) is 0 Å². The van der Waals surface area contributed by atoms with Gasteiger partial charge >= 0.3 is 18.5 Å². The van der Waals surface area contributed by atoms with Crippen LogP contribution in [0, 0.1) is 23.3 Å². The summed E-state index contributed by atoms with van der Waals surface area (Å²) in [4.78, 5) is 0. The van der Waals surface area contributed by atoms with Crippen LogP contribution in [0.1, 0.15) is 16.7 Å². The largest absolute Gasteiger partial charge is 0.453 e. The molecular formula is C21H9F13N2O2. The van der Waals surface area contributed by atoms with Gasteiger partial charge in [0, 0.05) is 6.07 Å². The normalized spacial score (nSPS) is 12.6. The van der Waals surface area contributed by atoms with E-state index in [0.29, 0.717) is 0 Å². The van der Waals surface area contributed by atoms with E-state index in [1.54, 1.807) is 0 Å². The summed E-state index contributed by atoms with van der Waals surface area (Å²) in [6, 6.07) is -0.281. The number of nitrogen functional groups attached to an aromatic ring is 2. The molecule has 0 aromatic heterocycles. The fraction of sp³-hybridized carbons (Fsp3) is 0.143. The molecule has 3 aromatic rings. The first-order chi connectivity index (χ1) is 17.2. The molecule has 0 saturated carbocycles. The molecule has 38 heavy (non-hydrogen) atoms. The van der Waals surface area contributed by atoms with Crippen LogP contribution in [0.25, 0.3) is 0 Å². The summed E-state index contributed by atoms with van der Waals surface area (Å²) < 4.78 is 185. The minimum atomic E-state index is -5.83. The lowest BCUT2D eigenvalue weighted by Crippen LogP contribution is -2.14. The van der Waals surface area contributed by atoms with Gasteiger partial charge in [0.25, 0.3) is 0 Å². The smallest absolute Gasteiger partial charge is 0.422 e. The SMILES string of the molecule is Nc1cc(C(F)(F)F)cc(Oc2cc(Oc3cc(C(F)(F)F)cc(N)c3F)c(C(F)(F)F)c(F)c2F)c1F. The van der Waals surface area contributed by atoms with Crippen molar-refractivity contribution in [1.29, 1.82) is 0 Å². The van der Waals surface area contributed by atoms with Crippen LogP contribution in [-0.2, 0) is 18.5 Å². The highest BCUT2D eigenvalue weighted by atomic mass is 19.4. The molecule has 0 heterocycles. The summed E-state index contributed by atoms with van der Waals surface area (Å²) >= 11 is 0. The lowest BCUT2D eigenvalue weighted by Gasteiger charge is -2.19. The average molecular weight is 568 g/mol. The summed E-state index contributed by atoms with van der Waals surface area (Å²) in [5.74, 6) is -15.8. The topological polar surface area (TPSA) is 70.5 Å². The minimum Gasteiger partial charge on any atom is -0.453 e. The van der Waals surface area contributed by atoms with Crippen molar-refractivity contribution in [3.05, 3.63) is 70.3 Å². The number of ether oxygens (including phenoxy) is 2. The molecule has 0 aliphatic rings. The first kappa shape index (κ1) is 28.5. The Bertz CT molecular complexity index is 1400. The van der Waals surface area contributed by atoms with Gasteiger partial charge in [0.15, 0.2) is 34.7 Å². The molecule has 0 bridgehead atoms. The third kappa shape index (κ3) is 5.60. The lowest BCUT2D eigenvalue weighted by molar-refractivity contribution is -0.141. The number of nitrogens with two attached hydrogens (primary N) is 2. The Labute approximate surface area is 202 Å². The first-order valence-corrected chi connectivity index (χ1v) is 9.49. The number of anilines is 2. The summed E-state index contributed by atoms with van der Waals surface area (Å²) in [6.07, 6.45) is -16.2. The Kier molecular flexibility index (Phi) is 7.02. The third-order valence-corrected chi connectivity index (χ3v) is 4.65. The zero-order chi connectivity index (χ0) is 29.0. The van der Waals surface area contributed by atoms with Gasteiger partial charge in [0.05, 0.1) is 22.5 Å². The van der Waals surface area contributed by atoms with Crippen LogP contribution < -0.4 is 20.9 Å². The van der Waals surface area contributed by atoms with Gasteiger partial charge in [-0.05, 0) is 24.3 Å². The molecule has 0 spiro atoms. The molecule has 206 valence electrons. The summed E-state index contributed by atoms with van der Waals surface area (Å²) in [5.41, 5.74) is 1.73. The molecule has 0 unspecified atom stereocenters. The van der Waals surface area contributed by atoms with Crippen molar-refractivity contribution in [3.8, 4) is 23.0 Å². The number of hydrogen-bond donors (Lipinski definition) is 2. The van der Waals surface area contributed by atoms with Crippen LogP contribution in [0.3, 0.4) is 0 Å². The second-order valence-electron chi connectivity index (χ2n) is 7.33. The fourth-order valence-electron chi connectivity index (χ4n) is 2.95. The van der Waals surface area contributed by atoms with Crippen molar-refractivity contribution in [1.82, 2.24) is 0 Å². The zero-order valence-corrected chi connectivity index (χ0v) is 17.8. The Morgan fingerprint density at radius 1 is 0.447 bits per heavy atom. The van der Waals surface area contributed by atoms with E-state index >= 15 is 0 Å². The van der Waals surface area contributed by atoms with E-state index in [2.05, 4.69) is 9.47 Å². The number of hydrogen-bond acceptors (Lipinski definition) is 4. The minimum absolute atomic E-state index is 0.0630. The lowest BCUT2D eigenvalue weighted by atomic mass is 10.1. The van der Waals surface area contributed by atoms with Gasteiger partial charge in [-0.3, -0.25) is 0 Å². The van der Waals surface area contributed by atoms with Crippen LogP contribution in [0.15, 0.2) is 30.3 Å². The van der Waals surface area contributed by atoms with Crippen LogP contribution in [0.2, 0.25) is 0 Å². The number of alkyl halides is 9. The summed E-state index contributed by atoms with van der Waals surface area (Å²) in [6.45, 7) is 0. The van der Waals surface area contributed by atoms with Gasteiger partial charge in [0.1, 0.15) is 11.3 Å². The molecule has 0 radical (unpaired) electrons. The van der Waals surface area contributed by atoms with Crippen molar-refractivity contribution in [3.63, 3.8) is 0 Å². The van der Waals surface area contributed by atoms with Crippen LogP contribution in [0.5, 0.6) is 23.0 Å². The Morgan fingerprint density at radius 3 is 1.18 bits per heavy atom. The van der Waals surface area contributed by atoms with Gasteiger partial charge in [0.2, 0.25) is 5.82 Å². The van der Waals surface area contributed by atoms with Crippen molar-refractivity contribution in [2.45, 2.75) is 18.5 Å². The van der Waals surface area contributed by atoms with Gasteiger partial charge in [-0.15, -0.1) is 0 Å². The monoisotopic (exact) mass is 568 g/mol. The highest BCUT2D eigenvalue weighted by molar-refractivity contribution is 5.55. The summed E-state index contributed by atoms with van der Waals surface area (Å²) in [5, 5.41) is 0. The molecule has 4 N–H and O–H groups in total. The Balaban J connectivity index is 2.23. The third-order valence-electron chi connectivity index (χ3n) is 4.65. The highest BCUT2D eigenvalue weighted by Crippen LogP contribution is 2.46. The molecular weight excluding hydrogens is 559 g/mol. The van der Waals surface area contributed by atoms with E-state index in [4.69, 9.17) is 11.5 Å². The predicted molar refractivity (Wildman–Crippen MR) is 103 cm³/mol. The molecule has 3 aromatic carbocycles. The van der Waals surface area contributed by atoms with E-state index in [1.165, 1.54) is 0 Å². The first-order valence-electron chi connectivity index (χ1n) is 9.49. The van der Waals surface area contributed by atoms with Crippen molar-refractivity contribution in [2.75, 3.05) is 11.5 Å². The quantitative estimate of drug-likeness (QED) is 0.247. The molecule has 0 atom stereocenters. The number of benzene rings is 3. The van der Waals surface area contributed by atoms with E-state index in [-0.39, 0.29) is 30.3 Å². The highest BCUT2D eigenvalue weighted by Gasteiger charge is 2.42.